The molecule has 2 unspecified atom stereocenters. The zero-order valence-electron chi connectivity index (χ0n) is 11.4. The Morgan fingerprint density at radius 2 is 2.11 bits per heavy atom. The van der Waals surface area contributed by atoms with Gasteiger partial charge in [0.25, 0.3) is 0 Å². The standard InChI is InChI=1S/C16H21FOS/c1-12(17)7-3-2-4-8-13-11-15(18)14-9-5-6-10-16(14)19-13/h5-6,9-10,12-13H,2-4,7-8,11H2,1H3. The van der Waals surface area contributed by atoms with Gasteiger partial charge in [-0.2, -0.15) is 0 Å². The number of thioether (sulfide) groups is 1. The number of Topliss-reactive ketones (excluding diaryl/α,β-unsaturated/α-hetero) is 1. The molecule has 3 heteroatoms. The van der Waals surface area contributed by atoms with Crippen LogP contribution in [-0.2, 0) is 0 Å². The van der Waals surface area contributed by atoms with Gasteiger partial charge in [-0.25, -0.2) is 4.39 Å². The zero-order chi connectivity index (χ0) is 13.7. The smallest absolute Gasteiger partial charge is 0.165 e. The van der Waals surface area contributed by atoms with Gasteiger partial charge in [0.05, 0.1) is 6.17 Å². The summed E-state index contributed by atoms with van der Waals surface area (Å²) in [7, 11) is 0. The van der Waals surface area contributed by atoms with Crippen molar-refractivity contribution in [2.45, 2.75) is 61.8 Å². The topological polar surface area (TPSA) is 17.1 Å². The van der Waals surface area contributed by atoms with Crippen LogP contribution < -0.4 is 0 Å². The van der Waals surface area contributed by atoms with Crippen molar-refractivity contribution in [1.29, 1.82) is 0 Å². The predicted octanol–water partition coefficient (Wildman–Crippen LogP) is 5.04. The van der Waals surface area contributed by atoms with Crippen molar-refractivity contribution in [1.82, 2.24) is 0 Å². The Kier molecular flexibility index (Phi) is 5.44. The molecule has 0 spiro atoms. The molecule has 0 radical (unpaired) electrons. The van der Waals surface area contributed by atoms with Crippen molar-refractivity contribution in [2.24, 2.45) is 0 Å². The van der Waals surface area contributed by atoms with Gasteiger partial charge in [-0.05, 0) is 25.8 Å². The lowest BCUT2D eigenvalue weighted by atomic mass is 10.0. The zero-order valence-corrected chi connectivity index (χ0v) is 12.2. The third-order valence-electron chi connectivity index (χ3n) is 3.52. The van der Waals surface area contributed by atoms with Gasteiger partial charge in [-0.15, -0.1) is 11.8 Å². The Morgan fingerprint density at radius 3 is 2.89 bits per heavy atom. The molecule has 0 saturated carbocycles. The Balaban J connectivity index is 1.77. The highest BCUT2D eigenvalue weighted by molar-refractivity contribution is 8.00. The fourth-order valence-electron chi connectivity index (χ4n) is 2.47. The third kappa shape index (κ3) is 4.34. The molecule has 0 amide bonds. The Bertz CT molecular complexity index is 431. The van der Waals surface area contributed by atoms with E-state index >= 15 is 0 Å². The van der Waals surface area contributed by atoms with Crippen LogP contribution in [0.15, 0.2) is 29.2 Å². The molecule has 0 N–H and O–H groups in total. The average Bonchev–Trinajstić information content (AvgIpc) is 2.38. The maximum absolute atomic E-state index is 12.7. The molecule has 1 nitrogen and oxygen atoms in total. The Morgan fingerprint density at radius 1 is 1.32 bits per heavy atom. The minimum Gasteiger partial charge on any atom is -0.294 e. The molecule has 0 saturated heterocycles. The molecule has 1 aliphatic heterocycles. The molecule has 0 aliphatic carbocycles. The van der Waals surface area contributed by atoms with E-state index in [9.17, 15) is 9.18 Å². The van der Waals surface area contributed by atoms with Crippen LogP contribution in [0.3, 0.4) is 0 Å². The fourth-order valence-corrected chi connectivity index (χ4v) is 3.82. The number of unbranched alkanes of at least 4 members (excludes halogenated alkanes) is 2. The van der Waals surface area contributed by atoms with Crippen LogP contribution in [0.2, 0.25) is 0 Å². The molecule has 2 rings (SSSR count). The minimum absolute atomic E-state index is 0.275. The van der Waals surface area contributed by atoms with Crippen molar-refractivity contribution >= 4 is 17.5 Å². The van der Waals surface area contributed by atoms with Crippen LogP contribution in [0.4, 0.5) is 4.39 Å². The number of halogens is 1. The van der Waals surface area contributed by atoms with Crippen molar-refractivity contribution in [3.05, 3.63) is 29.8 Å². The summed E-state index contributed by atoms with van der Waals surface area (Å²) in [6.45, 7) is 1.62. The van der Waals surface area contributed by atoms with E-state index in [0.717, 1.165) is 36.1 Å². The van der Waals surface area contributed by atoms with Gasteiger partial charge in [0, 0.05) is 22.1 Å². The lowest BCUT2D eigenvalue weighted by Crippen LogP contribution is -2.17. The van der Waals surface area contributed by atoms with E-state index in [1.165, 1.54) is 0 Å². The summed E-state index contributed by atoms with van der Waals surface area (Å²) in [5.41, 5.74) is 0.884. The molecule has 1 aliphatic rings. The molecular weight excluding hydrogens is 259 g/mol. The van der Waals surface area contributed by atoms with E-state index in [2.05, 4.69) is 0 Å². The van der Waals surface area contributed by atoms with Gasteiger partial charge in [0.2, 0.25) is 0 Å². The summed E-state index contributed by atoms with van der Waals surface area (Å²) in [5, 5.41) is 0.408. The van der Waals surface area contributed by atoms with Gasteiger partial charge in [-0.1, -0.05) is 37.5 Å². The lowest BCUT2D eigenvalue weighted by molar-refractivity contribution is 0.0975. The molecular formula is C16H21FOS. The highest BCUT2D eigenvalue weighted by Gasteiger charge is 2.24. The van der Waals surface area contributed by atoms with Gasteiger partial charge in [0.1, 0.15) is 0 Å². The van der Waals surface area contributed by atoms with Crippen LogP contribution in [0.25, 0.3) is 0 Å². The summed E-state index contributed by atoms with van der Waals surface area (Å²) in [4.78, 5) is 13.1. The quantitative estimate of drug-likeness (QED) is 0.679. The number of alkyl halides is 1. The first-order valence-corrected chi connectivity index (χ1v) is 7.97. The van der Waals surface area contributed by atoms with E-state index in [1.807, 2.05) is 36.0 Å². The van der Waals surface area contributed by atoms with E-state index in [4.69, 9.17) is 0 Å². The molecule has 0 fully saturated rings. The molecule has 2 atom stereocenters. The molecule has 0 bridgehead atoms. The first-order valence-electron chi connectivity index (χ1n) is 7.10. The second kappa shape index (κ2) is 7.09. The van der Waals surface area contributed by atoms with Crippen molar-refractivity contribution in [3.8, 4) is 0 Å². The van der Waals surface area contributed by atoms with Gasteiger partial charge in [-0.3, -0.25) is 4.79 Å². The number of hydrogen-bond acceptors (Lipinski definition) is 2. The highest BCUT2D eigenvalue weighted by atomic mass is 32.2. The normalized spacial score (nSPS) is 20.1. The predicted molar refractivity (Wildman–Crippen MR) is 78.7 cm³/mol. The van der Waals surface area contributed by atoms with Crippen LogP contribution in [0.5, 0.6) is 0 Å². The number of fused-ring (bicyclic) bond motifs is 1. The van der Waals surface area contributed by atoms with Crippen LogP contribution >= 0.6 is 11.8 Å². The van der Waals surface area contributed by atoms with Gasteiger partial charge >= 0.3 is 0 Å². The highest BCUT2D eigenvalue weighted by Crippen LogP contribution is 2.37. The second-order valence-electron chi connectivity index (χ2n) is 5.28. The molecule has 19 heavy (non-hydrogen) atoms. The van der Waals surface area contributed by atoms with E-state index in [0.29, 0.717) is 18.1 Å². The Hall–Kier alpha value is -0.830. The molecule has 1 aromatic carbocycles. The summed E-state index contributed by atoms with van der Waals surface area (Å²) in [6, 6.07) is 7.87. The number of carbonyl (C=O) groups excluding carboxylic acids is 1. The average molecular weight is 280 g/mol. The molecule has 1 heterocycles. The number of benzene rings is 1. The Labute approximate surface area is 119 Å². The second-order valence-corrected chi connectivity index (χ2v) is 6.62. The van der Waals surface area contributed by atoms with Crippen LogP contribution in [0.1, 0.15) is 55.8 Å². The number of ketones is 1. The van der Waals surface area contributed by atoms with Crippen molar-refractivity contribution < 1.29 is 9.18 Å². The summed E-state index contributed by atoms with van der Waals surface area (Å²) in [6.07, 6.45) is 4.82. The van der Waals surface area contributed by atoms with Crippen molar-refractivity contribution in [3.63, 3.8) is 0 Å². The van der Waals surface area contributed by atoms with E-state index in [-0.39, 0.29) is 5.78 Å². The number of hydrogen-bond donors (Lipinski definition) is 0. The molecule has 104 valence electrons. The summed E-state index contributed by atoms with van der Waals surface area (Å²) < 4.78 is 12.7. The van der Waals surface area contributed by atoms with Crippen LogP contribution in [-0.4, -0.2) is 17.2 Å². The summed E-state index contributed by atoms with van der Waals surface area (Å²) in [5.74, 6) is 0.275. The first kappa shape index (κ1) is 14.6. The van der Waals surface area contributed by atoms with Crippen molar-refractivity contribution in [2.75, 3.05) is 0 Å². The largest absolute Gasteiger partial charge is 0.294 e. The lowest BCUT2D eigenvalue weighted by Gasteiger charge is -2.22. The molecule has 0 aromatic heterocycles. The first-order chi connectivity index (χ1) is 9.16. The van der Waals surface area contributed by atoms with Crippen LogP contribution in [0, 0.1) is 0 Å². The minimum atomic E-state index is -0.683. The van der Waals surface area contributed by atoms with E-state index < -0.39 is 6.17 Å². The van der Waals surface area contributed by atoms with Gasteiger partial charge < -0.3 is 0 Å². The van der Waals surface area contributed by atoms with Gasteiger partial charge in [0.15, 0.2) is 5.78 Å². The third-order valence-corrected chi connectivity index (χ3v) is 4.87. The number of rotatable bonds is 6. The maximum Gasteiger partial charge on any atom is 0.165 e. The SMILES string of the molecule is CC(F)CCCCCC1CC(=O)c2ccccc2S1. The van der Waals surface area contributed by atoms with E-state index in [1.54, 1.807) is 6.92 Å². The fraction of sp³-hybridized carbons (Fsp3) is 0.562. The monoisotopic (exact) mass is 280 g/mol. The number of carbonyl (C=O) groups is 1. The maximum atomic E-state index is 12.7. The summed E-state index contributed by atoms with van der Waals surface area (Å²) >= 11 is 1.83. The molecule has 1 aromatic rings.